The quantitative estimate of drug-likeness (QED) is 0.344. The number of aromatic nitrogens is 1. The molecular weight excluding hydrogens is 456 g/mol. The first-order valence-electron chi connectivity index (χ1n) is 10.8. The number of fused-ring (bicyclic) bond motifs is 1. The highest BCUT2D eigenvalue weighted by atomic mass is 32.2. The van der Waals surface area contributed by atoms with Gasteiger partial charge in [-0.3, -0.25) is 20.3 Å². The van der Waals surface area contributed by atoms with Gasteiger partial charge in [0, 0.05) is 17.5 Å². The van der Waals surface area contributed by atoms with Crippen LogP contribution in [0.25, 0.3) is 11.8 Å². The standard InChI is InChI=1S/C23H24N6O4S/c1-5-6-7-20-26-28-21(24)17(22(30)25-23(28)34-20)11-15-10-13(2)27(14(15)3)18-9-8-16(29(31)32)12-19(18)33-4/h8-12,24H,5-7H2,1-4H3. The largest absolute Gasteiger partial charge is 0.494 e. The van der Waals surface area contributed by atoms with Crippen molar-refractivity contribution in [2.75, 3.05) is 7.11 Å². The van der Waals surface area contributed by atoms with Crippen LogP contribution in [0.1, 0.15) is 43.1 Å². The number of non-ortho nitro benzene ring substituents is 1. The van der Waals surface area contributed by atoms with Gasteiger partial charge in [0.05, 0.1) is 29.4 Å². The number of carbonyl (C=O) groups is 1. The van der Waals surface area contributed by atoms with Crippen LogP contribution in [0, 0.1) is 29.4 Å². The summed E-state index contributed by atoms with van der Waals surface area (Å²) in [5.74, 6) is -0.130. The number of aryl methyl sites for hydroxylation is 1. The van der Waals surface area contributed by atoms with E-state index in [0.717, 1.165) is 41.3 Å². The van der Waals surface area contributed by atoms with E-state index in [9.17, 15) is 14.9 Å². The average Bonchev–Trinajstić information content (AvgIpc) is 3.34. The number of rotatable bonds is 7. The Bertz CT molecular complexity index is 1310. The minimum atomic E-state index is -0.478. The second kappa shape index (κ2) is 9.26. The predicted molar refractivity (Wildman–Crippen MR) is 133 cm³/mol. The minimum absolute atomic E-state index is 0.00767. The third kappa shape index (κ3) is 4.14. The van der Waals surface area contributed by atoms with Crippen LogP contribution in [0.3, 0.4) is 0 Å². The summed E-state index contributed by atoms with van der Waals surface area (Å²) in [7, 11) is 1.46. The first kappa shape index (κ1) is 23.4. The zero-order valence-electron chi connectivity index (χ0n) is 19.3. The number of hydrogen-bond donors (Lipinski definition) is 1. The van der Waals surface area contributed by atoms with Crippen molar-refractivity contribution >= 4 is 45.5 Å². The Balaban J connectivity index is 1.72. The summed E-state index contributed by atoms with van der Waals surface area (Å²) < 4.78 is 7.30. The summed E-state index contributed by atoms with van der Waals surface area (Å²) in [5.41, 5.74) is 3.08. The maximum atomic E-state index is 12.8. The molecule has 0 radical (unpaired) electrons. The number of methoxy groups -OCH3 is 1. The Kier molecular flexibility index (Phi) is 6.38. The lowest BCUT2D eigenvalue weighted by atomic mass is 10.1. The molecular formula is C23H24N6O4S. The first-order chi connectivity index (χ1) is 16.2. The molecule has 0 atom stereocenters. The van der Waals surface area contributed by atoms with Crippen molar-refractivity contribution in [1.29, 1.82) is 5.41 Å². The van der Waals surface area contributed by atoms with E-state index in [1.165, 1.54) is 36.0 Å². The third-order valence-electron chi connectivity index (χ3n) is 5.63. The van der Waals surface area contributed by atoms with Crippen molar-refractivity contribution in [3.63, 3.8) is 0 Å². The van der Waals surface area contributed by atoms with E-state index < -0.39 is 10.8 Å². The Morgan fingerprint density at radius 2 is 2.06 bits per heavy atom. The van der Waals surface area contributed by atoms with Crippen molar-refractivity contribution in [1.82, 2.24) is 9.58 Å². The molecule has 2 aliphatic rings. The molecule has 0 unspecified atom stereocenters. The van der Waals surface area contributed by atoms with Crippen molar-refractivity contribution in [3.05, 3.63) is 56.9 Å². The van der Waals surface area contributed by atoms with Crippen LogP contribution in [0.2, 0.25) is 0 Å². The van der Waals surface area contributed by atoms with Crippen LogP contribution in [0.15, 0.2) is 39.9 Å². The Morgan fingerprint density at radius 1 is 1.29 bits per heavy atom. The number of thioether (sulfide) groups is 1. The van der Waals surface area contributed by atoms with Crippen LogP contribution in [0.5, 0.6) is 5.75 Å². The van der Waals surface area contributed by atoms with Crippen LogP contribution in [0.4, 0.5) is 5.69 Å². The topological polar surface area (TPSA) is 126 Å². The van der Waals surface area contributed by atoms with E-state index in [1.807, 2.05) is 24.5 Å². The highest BCUT2D eigenvalue weighted by molar-refractivity contribution is 8.26. The number of hydrogen-bond acceptors (Lipinski definition) is 7. The lowest BCUT2D eigenvalue weighted by molar-refractivity contribution is -0.384. The highest BCUT2D eigenvalue weighted by Crippen LogP contribution is 2.34. The van der Waals surface area contributed by atoms with Crippen molar-refractivity contribution in [2.45, 2.75) is 40.0 Å². The molecule has 1 aromatic carbocycles. The van der Waals surface area contributed by atoms with Crippen LogP contribution < -0.4 is 4.74 Å². The Hall–Kier alpha value is -3.73. The fourth-order valence-corrected chi connectivity index (χ4v) is 4.81. The fraction of sp³-hybridized carbons (Fsp3) is 0.304. The average molecular weight is 481 g/mol. The van der Waals surface area contributed by atoms with E-state index in [1.54, 1.807) is 12.1 Å². The number of nitrogens with one attached hydrogen (secondary N) is 1. The molecule has 10 nitrogen and oxygen atoms in total. The molecule has 3 heterocycles. The summed E-state index contributed by atoms with van der Waals surface area (Å²) >= 11 is 1.34. The van der Waals surface area contributed by atoms with Gasteiger partial charge in [0.25, 0.3) is 11.6 Å². The lowest BCUT2D eigenvalue weighted by Gasteiger charge is -2.20. The summed E-state index contributed by atoms with van der Waals surface area (Å²) in [5, 5.41) is 26.9. The number of amides is 1. The SMILES string of the molecule is CCCCC1=NN2C(=N)C(=Cc3cc(C)n(-c4ccc([N+](=O)[O-])cc4OC)c3C)C(=O)N=C2S1. The minimum Gasteiger partial charge on any atom is -0.494 e. The predicted octanol–water partition coefficient (Wildman–Crippen LogP) is 4.82. The summed E-state index contributed by atoms with van der Waals surface area (Å²) in [4.78, 5) is 27.6. The maximum absolute atomic E-state index is 12.8. The van der Waals surface area contributed by atoms with Crippen LogP contribution in [-0.2, 0) is 4.79 Å². The molecule has 176 valence electrons. The van der Waals surface area contributed by atoms with Gasteiger partial charge in [0.15, 0.2) is 5.84 Å². The maximum Gasteiger partial charge on any atom is 0.283 e. The number of nitro groups is 1. The van der Waals surface area contributed by atoms with E-state index in [2.05, 4.69) is 17.0 Å². The molecule has 1 aromatic heterocycles. The van der Waals surface area contributed by atoms with Gasteiger partial charge in [-0.2, -0.15) is 15.1 Å². The number of unbranched alkanes of at least 4 members (excludes halogenated alkanes) is 1. The van der Waals surface area contributed by atoms with E-state index >= 15 is 0 Å². The third-order valence-corrected chi connectivity index (χ3v) is 6.59. The summed E-state index contributed by atoms with van der Waals surface area (Å²) in [6, 6.07) is 6.32. The van der Waals surface area contributed by atoms with E-state index in [-0.39, 0.29) is 17.1 Å². The lowest BCUT2D eigenvalue weighted by Crippen LogP contribution is -2.35. The number of hydrazone groups is 1. The molecule has 34 heavy (non-hydrogen) atoms. The van der Waals surface area contributed by atoms with Gasteiger partial charge in [0.2, 0.25) is 5.17 Å². The molecule has 11 heteroatoms. The zero-order valence-corrected chi connectivity index (χ0v) is 20.1. The molecule has 0 spiro atoms. The fourth-order valence-electron chi connectivity index (χ4n) is 3.89. The number of amidine groups is 2. The zero-order chi connectivity index (χ0) is 24.6. The monoisotopic (exact) mass is 480 g/mol. The first-order valence-corrected chi connectivity index (χ1v) is 11.6. The highest BCUT2D eigenvalue weighted by Gasteiger charge is 2.35. The number of aliphatic imine (C=N–C) groups is 1. The van der Waals surface area contributed by atoms with Gasteiger partial charge in [-0.15, -0.1) is 0 Å². The van der Waals surface area contributed by atoms with Gasteiger partial charge >= 0.3 is 0 Å². The number of benzene rings is 1. The van der Waals surface area contributed by atoms with Crippen molar-refractivity contribution in [3.8, 4) is 11.4 Å². The van der Waals surface area contributed by atoms with Gasteiger partial charge < -0.3 is 9.30 Å². The Morgan fingerprint density at radius 3 is 2.74 bits per heavy atom. The van der Waals surface area contributed by atoms with Gasteiger partial charge in [-0.25, -0.2) is 0 Å². The molecule has 2 aromatic rings. The molecule has 1 amide bonds. The van der Waals surface area contributed by atoms with E-state index in [0.29, 0.717) is 16.6 Å². The number of nitro benzene ring substituents is 1. The normalized spacial score (nSPS) is 16.6. The molecule has 0 saturated carbocycles. The summed E-state index contributed by atoms with van der Waals surface area (Å²) in [6.45, 7) is 5.86. The molecule has 4 rings (SSSR count). The number of carbonyl (C=O) groups excluding carboxylic acids is 1. The second-order valence-corrected chi connectivity index (χ2v) is 8.93. The van der Waals surface area contributed by atoms with Crippen molar-refractivity contribution in [2.24, 2.45) is 10.1 Å². The molecule has 0 saturated heterocycles. The molecule has 0 fully saturated rings. The molecule has 0 aliphatic carbocycles. The van der Waals surface area contributed by atoms with Crippen molar-refractivity contribution < 1.29 is 14.5 Å². The van der Waals surface area contributed by atoms with E-state index in [4.69, 9.17) is 10.1 Å². The molecule has 2 aliphatic heterocycles. The van der Waals surface area contributed by atoms with Crippen LogP contribution >= 0.6 is 11.8 Å². The second-order valence-electron chi connectivity index (χ2n) is 7.89. The smallest absolute Gasteiger partial charge is 0.283 e. The Labute approximate surface area is 200 Å². The number of ether oxygens (including phenoxy) is 1. The molecule has 0 bridgehead atoms. The van der Waals surface area contributed by atoms with Gasteiger partial charge in [-0.05, 0) is 62.2 Å². The van der Waals surface area contributed by atoms with Crippen LogP contribution in [-0.4, -0.2) is 43.6 Å². The van der Waals surface area contributed by atoms with Gasteiger partial charge in [-0.1, -0.05) is 13.3 Å². The number of nitrogens with zero attached hydrogens (tertiary/aromatic N) is 5. The summed E-state index contributed by atoms with van der Waals surface area (Å²) in [6.07, 6.45) is 4.44. The molecule has 1 N–H and O–H groups in total. The van der Waals surface area contributed by atoms with Gasteiger partial charge in [0.1, 0.15) is 10.8 Å².